The van der Waals surface area contributed by atoms with E-state index in [1.807, 2.05) is 0 Å². The van der Waals surface area contributed by atoms with Crippen molar-refractivity contribution < 1.29 is 14.0 Å². The monoisotopic (exact) mass is 300 g/mol. The van der Waals surface area contributed by atoms with Crippen LogP contribution in [0.15, 0.2) is 12.4 Å². The van der Waals surface area contributed by atoms with Crippen molar-refractivity contribution in [2.45, 2.75) is 24.1 Å². The molecule has 1 aliphatic heterocycles. The van der Waals surface area contributed by atoms with Crippen LogP contribution < -0.4 is 5.32 Å². The Morgan fingerprint density at radius 3 is 2.88 bits per heavy atom. The van der Waals surface area contributed by atoms with Crippen molar-refractivity contribution in [1.29, 1.82) is 0 Å². The molecule has 1 aromatic rings. The molecule has 1 unspecified atom stereocenters. The van der Waals surface area contributed by atoms with Crippen molar-refractivity contribution in [3.05, 3.63) is 29.3 Å². The average molecular weight is 301 g/mol. The Morgan fingerprint density at radius 2 is 2.24 bits per heavy atom. The number of rotatable bonds is 2. The maximum absolute atomic E-state index is 14.0. The van der Waals surface area contributed by atoms with Gasteiger partial charge in [-0.2, -0.15) is 0 Å². The van der Waals surface area contributed by atoms with E-state index in [4.69, 9.17) is 0 Å². The molecule has 0 spiro atoms. The summed E-state index contributed by atoms with van der Waals surface area (Å²) in [7, 11) is 0. The standard InChI is InChI=1S/C11H10BrFN2O2/c12-3-6-4-14-5-8(10(6)13)7-1-2-9(16)15-11(7)17/h4-5,7H,1-3H2,(H,15,16,17). The molecule has 1 saturated heterocycles. The summed E-state index contributed by atoms with van der Waals surface area (Å²) >= 11 is 3.16. The third kappa shape index (κ3) is 2.36. The van der Waals surface area contributed by atoms with Crippen LogP contribution in [0.5, 0.6) is 0 Å². The summed E-state index contributed by atoms with van der Waals surface area (Å²) in [6, 6.07) is 0. The Morgan fingerprint density at radius 1 is 1.47 bits per heavy atom. The molecule has 1 aromatic heterocycles. The van der Waals surface area contributed by atoms with Gasteiger partial charge in [-0.05, 0) is 6.42 Å². The highest BCUT2D eigenvalue weighted by molar-refractivity contribution is 9.08. The lowest BCUT2D eigenvalue weighted by atomic mass is 9.90. The van der Waals surface area contributed by atoms with Gasteiger partial charge < -0.3 is 0 Å². The smallest absolute Gasteiger partial charge is 0.234 e. The first kappa shape index (κ1) is 12.2. The first-order valence-corrected chi connectivity index (χ1v) is 6.27. The fraction of sp³-hybridized carbons (Fsp3) is 0.364. The molecule has 0 bridgehead atoms. The Labute approximate surface area is 106 Å². The first-order valence-electron chi connectivity index (χ1n) is 5.15. The van der Waals surface area contributed by atoms with E-state index < -0.39 is 17.6 Å². The van der Waals surface area contributed by atoms with E-state index in [1.54, 1.807) is 0 Å². The quantitative estimate of drug-likeness (QED) is 0.667. The molecule has 1 aliphatic rings. The minimum atomic E-state index is -0.626. The van der Waals surface area contributed by atoms with Crippen LogP contribution >= 0.6 is 15.9 Å². The molecule has 0 aromatic carbocycles. The van der Waals surface area contributed by atoms with Crippen molar-refractivity contribution in [3.8, 4) is 0 Å². The molecule has 0 radical (unpaired) electrons. The van der Waals surface area contributed by atoms with E-state index in [0.29, 0.717) is 17.3 Å². The second-order valence-electron chi connectivity index (χ2n) is 3.84. The summed E-state index contributed by atoms with van der Waals surface area (Å²) in [5.41, 5.74) is 0.666. The Kier molecular flexibility index (Phi) is 3.51. The number of halogens is 2. The van der Waals surface area contributed by atoms with Crippen molar-refractivity contribution in [3.63, 3.8) is 0 Å². The third-order valence-corrected chi connectivity index (χ3v) is 3.34. The fourth-order valence-corrected chi connectivity index (χ4v) is 2.22. The predicted octanol–water partition coefficient (Wildman–Crippen LogP) is 1.64. The SMILES string of the molecule is O=C1CCC(c2cncc(CBr)c2F)C(=O)N1. The van der Waals surface area contributed by atoms with E-state index in [0.717, 1.165) is 0 Å². The molecule has 1 N–H and O–H groups in total. The fourth-order valence-electron chi connectivity index (χ4n) is 1.83. The van der Waals surface area contributed by atoms with Crippen LogP contribution in [0.4, 0.5) is 4.39 Å². The van der Waals surface area contributed by atoms with E-state index in [9.17, 15) is 14.0 Å². The molecule has 2 amide bonds. The van der Waals surface area contributed by atoms with Gasteiger partial charge in [-0.3, -0.25) is 19.9 Å². The van der Waals surface area contributed by atoms with Crippen molar-refractivity contribution in [1.82, 2.24) is 10.3 Å². The number of imide groups is 1. The number of nitrogens with one attached hydrogen (secondary N) is 1. The topological polar surface area (TPSA) is 59.1 Å². The second-order valence-corrected chi connectivity index (χ2v) is 4.40. The van der Waals surface area contributed by atoms with Crippen LogP contribution in [0.2, 0.25) is 0 Å². The lowest BCUT2D eigenvalue weighted by Crippen LogP contribution is -2.39. The van der Waals surface area contributed by atoms with Gasteiger partial charge in [0, 0.05) is 35.3 Å². The van der Waals surface area contributed by atoms with Gasteiger partial charge in [0.25, 0.3) is 0 Å². The third-order valence-electron chi connectivity index (χ3n) is 2.74. The lowest BCUT2D eigenvalue weighted by molar-refractivity contribution is -0.134. The molecular weight excluding hydrogens is 291 g/mol. The summed E-state index contributed by atoms with van der Waals surface area (Å²) in [5.74, 6) is -1.81. The molecule has 2 rings (SSSR count). The second kappa shape index (κ2) is 4.91. The van der Waals surface area contributed by atoms with E-state index in [1.165, 1.54) is 12.4 Å². The number of carbonyl (C=O) groups excluding carboxylic acids is 2. The highest BCUT2D eigenvalue weighted by Gasteiger charge is 2.30. The molecule has 0 aliphatic carbocycles. The Bertz CT molecular complexity index is 479. The number of pyridine rings is 1. The summed E-state index contributed by atoms with van der Waals surface area (Å²) in [6.07, 6.45) is 3.32. The molecule has 2 heterocycles. The maximum Gasteiger partial charge on any atom is 0.234 e. The zero-order valence-electron chi connectivity index (χ0n) is 8.87. The molecule has 90 valence electrons. The van der Waals surface area contributed by atoms with E-state index in [-0.39, 0.29) is 17.9 Å². The number of aromatic nitrogens is 1. The van der Waals surface area contributed by atoms with Crippen LogP contribution in [-0.2, 0) is 14.9 Å². The molecule has 0 saturated carbocycles. The van der Waals surface area contributed by atoms with Gasteiger partial charge in [0.15, 0.2) is 0 Å². The predicted molar refractivity (Wildman–Crippen MR) is 62.0 cm³/mol. The van der Waals surface area contributed by atoms with Crippen LogP contribution in [0.1, 0.15) is 29.9 Å². The highest BCUT2D eigenvalue weighted by Crippen LogP contribution is 2.28. The maximum atomic E-state index is 14.0. The van der Waals surface area contributed by atoms with Crippen molar-refractivity contribution in [2.24, 2.45) is 0 Å². The van der Waals surface area contributed by atoms with Gasteiger partial charge in [0.2, 0.25) is 11.8 Å². The zero-order valence-corrected chi connectivity index (χ0v) is 10.5. The number of alkyl halides is 1. The minimum Gasteiger partial charge on any atom is -0.296 e. The molecule has 6 heteroatoms. The molecule has 17 heavy (non-hydrogen) atoms. The van der Waals surface area contributed by atoms with Gasteiger partial charge in [-0.1, -0.05) is 15.9 Å². The minimum absolute atomic E-state index is 0.231. The molecular formula is C11H10BrFN2O2. The largest absolute Gasteiger partial charge is 0.296 e. The van der Waals surface area contributed by atoms with Crippen LogP contribution in [0.3, 0.4) is 0 Å². The number of carbonyl (C=O) groups is 2. The van der Waals surface area contributed by atoms with Gasteiger partial charge in [0.05, 0.1) is 5.92 Å². The summed E-state index contributed by atoms with van der Waals surface area (Å²) in [6.45, 7) is 0. The molecule has 1 fully saturated rings. The van der Waals surface area contributed by atoms with Gasteiger partial charge in [0.1, 0.15) is 5.82 Å². The Balaban J connectivity index is 2.34. The van der Waals surface area contributed by atoms with Crippen molar-refractivity contribution in [2.75, 3.05) is 0 Å². The summed E-state index contributed by atoms with van der Waals surface area (Å²) in [5, 5.41) is 2.55. The van der Waals surface area contributed by atoms with Gasteiger partial charge >= 0.3 is 0 Å². The normalized spacial score (nSPS) is 20.2. The lowest BCUT2D eigenvalue weighted by Gasteiger charge is -2.21. The number of hydrogen-bond donors (Lipinski definition) is 1. The van der Waals surface area contributed by atoms with Crippen molar-refractivity contribution >= 4 is 27.7 Å². The number of piperidine rings is 1. The van der Waals surface area contributed by atoms with Crippen LogP contribution in [0.25, 0.3) is 0 Å². The summed E-state index contributed by atoms with van der Waals surface area (Å²) in [4.78, 5) is 26.5. The van der Waals surface area contributed by atoms with Gasteiger partial charge in [-0.15, -0.1) is 0 Å². The first-order chi connectivity index (χ1) is 8.13. The molecule has 1 atom stereocenters. The van der Waals surface area contributed by atoms with E-state index in [2.05, 4.69) is 26.2 Å². The van der Waals surface area contributed by atoms with E-state index >= 15 is 0 Å². The van der Waals surface area contributed by atoms with Crippen LogP contribution in [0, 0.1) is 5.82 Å². The molecule has 4 nitrogen and oxygen atoms in total. The number of hydrogen-bond acceptors (Lipinski definition) is 3. The Hall–Kier alpha value is -1.30. The van der Waals surface area contributed by atoms with Crippen LogP contribution in [-0.4, -0.2) is 16.8 Å². The summed E-state index contributed by atoms with van der Waals surface area (Å²) < 4.78 is 14.0. The average Bonchev–Trinajstić information content (AvgIpc) is 2.30. The number of amides is 2. The number of nitrogens with zero attached hydrogens (tertiary/aromatic N) is 1. The highest BCUT2D eigenvalue weighted by atomic mass is 79.9. The van der Waals surface area contributed by atoms with Gasteiger partial charge in [-0.25, -0.2) is 4.39 Å². The zero-order chi connectivity index (χ0) is 12.4.